The highest BCUT2D eigenvalue weighted by atomic mass is 16.6. The summed E-state index contributed by atoms with van der Waals surface area (Å²) in [6.07, 6.45) is 1.54. The summed E-state index contributed by atoms with van der Waals surface area (Å²) in [4.78, 5) is 30.9. The summed E-state index contributed by atoms with van der Waals surface area (Å²) in [7, 11) is 1.95. The molecule has 0 spiro atoms. The lowest BCUT2D eigenvalue weighted by molar-refractivity contribution is -0.144. The second-order valence-corrected chi connectivity index (χ2v) is 9.62. The molecule has 1 aliphatic heterocycles. The molecule has 0 unspecified atom stereocenters. The molecule has 2 N–H and O–H groups in total. The largest absolute Gasteiger partial charge is 0.480 e. The molecule has 0 fully saturated rings. The van der Waals surface area contributed by atoms with Crippen molar-refractivity contribution in [3.63, 3.8) is 0 Å². The molecule has 33 heavy (non-hydrogen) atoms. The van der Waals surface area contributed by atoms with Gasteiger partial charge in [0, 0.05) is 52.7 Å². The number of carboxylic acids is 1. The van der Waals surface area contributed by atoms with Gasteiger partial charge in [0.2, 0.25) is 0 Å². The number of amides is 1. The summed E-state index contributed by atoms with van der Waals surface area (Å²) in [5.41, 5.74) is 3.78. The van der Waals surface area contributed by atoms with Crippen LogP contribution in [0.1, 0.15) is 43.6 Å². The van der Waals surface area contributed by atoms with Crippen molar-refractivity contribution in [1.82, 2.24) is 14.5 Å². The van der Waals surface area contributed by atoms with Crippen LogP contribution in [0.5, 0.6) is 0 Å². The van der Waals surface area contributed by atoms with E-state index < -0.39 is 29.7 Å². The normalized spacial score (nSPS) is 18.5. The molecule has 2 atom stereocenters. The number of H-pyrrole nitrogens is 1. The van der Waals surface area contributed by atoms with Crippen LogP contribution in [0.15, 0.2) is 54.7 Å². The average Bonchev–Trinajstić information content (AvgIpc) is 3.29. The third-order valence-corrected chi connectivity index (χ3v) is 6.24. The standard InChI is InChI=1S/C26H27N3O4/c1-26(2,3)33-25(32)29-21(24(30)31)13-17-15-9-5-7-11-19(15)27-22(17)23(29)18-14-28(4)20-12-8-6-10-16(18)20/h5-12,14,21,23,27H,13H2,1-4H3,(H,30,31)/t21-,23+/m1/s1. The van der Waals surface area contributed by atoms with Gasteiger partial charge >= 0.3 is 12.1 Å². The van der Waals surface area contributed by atoms with Gasteiger partial charge in [0.15, 0.2) is 0 Å². The number of hydrogen-bond donors (Lipinski definition) is 2. The van der Waals surface area contributed by atoms with E-state index in [1.54, 1.807) is 20.8 Å². The highest BCUT2D eigenvalue weighted by Crippen LogP contribution is 2.44. The van der Waals surface area contributed by atoms with Crippen LogP contribution in [0.25, 0.3) is 21.8 Å². The Bertz CT molecular complexity index is 1390. The Morgan fingerprint density at radius 1 is 1.06 bits per heavy atom. The topological polar surface area (TPSA) is 87.6 Å². The summed E-state index contributed by atoms with van der Waals surface area (Å²) in [6.45, 7) is 5.35. The Morgan fingerprint density at radius 3 is 2.42 bits per heavy atom. The lowest BCUT2D eigenvalue weighted by atomic mass is 9.88. The first-order valence-electron chi connectivity index (χ1n) is 11.0. The molecule has 2 aromatic heterocycles. The zero-order chi connectivity index (χ0) is 23.5. The number of nitrogens with zero attached hydrogens (tertiary/aromatic N) is 2. The predicted molar refractivity (Wildman–Crippen MR) is 126 cm³/mol. The molecule has 7 heteroatoms. The first kappa shape index (κ1) is 21.1. The molecule has 5 rings (SSSR count). The lowest BCUT2D eigenvalue weighted by Crippen LogP contribution is -2.52. The van der Waals surface area contributed by atoms with Crippen LogP contribution in [-0.2, 0) is 23.0 Å². The number of ether oxygens (including phenoxy) is 1. The van der Waals surface area contributed by atoms with Crippen molar-refractivity contribution < 1.29 is 19.4 Å². The summed E-state index contributed by atoms with van der Waals surface area (Å²) in [5, 5.41) is 12.2. The van der Waals surface area contributed by atoms with Gasteiger partial charge < -0.3 is 19.4 Å². The van der Waals surface area contributed by atoms with Crippen LogP contribution in [0, 0.1) is 0 Å². The number of nitrogens with one attached hydrogen (secondary N) is 1. The number of aryl methyl sites for hydroxylation is 1. The molecule has 1 amide bonds. The maximum atomic E-state index is 13.5. The van der Waals surface area contributed by atoms with Crippen LogP contribution in [0.3, 0.4) is 0 Å². The van der Waals surface area contributed by atoms with Gasteiger partial charge in [0.1, 0.15) is 17.7 Å². The molecular formula is C26H27N3O4. The average molecular weight is 446 g/mol. The summed E-state index contributed by atoms with van der Waals surface area (Å²) in [5.74, 6) is -1.05. The minimum Gasteiger partial charge on any atom is -0.480 e. The summed E-state index contributed by atoms with van der Waals surface area (Å²) < 4.78 is 7.72. The van der Waals surface area contributed by atoms with Gasteiger partial charge in [0.05, 0.1) is 0 Å². The fraction of sp³-hybridized carbons (Fsp3) is 0.308. The number of benzene rings is 2. The Balaban J connectivity index is 1.80. The number of carbonyl (C=O) groups excluding carboxylic acids is 1. The Morgan fingerprint density at radius 2 is 1.73 bits per heavy atom. The van der Waals surface area contributed by atoms with Gasteiger partial charge in [-0.3, -0.25) is 4.90 Å². The van der Waals surface area contributed by atoms with Crippen LogP contribution < -0.4 is 0 Å². The van der Waals surface area contributed by atoms with Gasteiger partial charge in [-0.15, -0.1) is 0 Å². The molecule has 0 aliphatic carbocycles. The summed E-state index contributed by atoms with van der Waals surface area (Å²) >= 11 is 0. The molecule has 3 heterocycles. The zero-order valence-corrected chi connectivity index (χ0v) is 19.1. The van der Waals surface area contributed by atoms with E-state index in [9.17, 15) is 14.7 Å². The zero-order valence-electron chi connectivity index (χ0n) is 19.1. The number of para-hydroxylation sites is 2. The van der Waals surface area contributed by atoms with E-state index >= 15 is 0 Å². The maximum Gasteiger partial charge on any atom is 0.411 e. The fourth-order valence-electron chi connectivity index (χ4n) is 4.93. The molecule has 0 saturated carbocycles. The number of aromatic amines is 1. The Hall–Kier alpha value is -3.74. The maximum absolute atomic E-state index is 13.5. The van der Waals surface area contributed by atoms with Crippen molar-refractivity contribution in [2.75, 3.05) is 0 Å². The van der Waals surface area contributed by atoms with Crippen molar-refractivity contribution in [3.05, 3.63) is 71.5 Å². The van der Waals surface area contributed by atoms with Gasteiger partial charge in [-0.2, -0.15) is 0 Å². The van der Waals surface area contributed by atoms with Gasteiger partial charge in [-0.25, -0.2) is 9.59 Å². The predicted octanol–water partition coefficient (Wildman–Crippen LogP) is 5.00. The third-order valence-electron chi connectivity index (χ3n) is 6.24. The van der Waals surface area contributed by atoms with E-state index in [0.717, 1.165) is 38.6 Å². The number of aliphatic carboxylic acids is 1. The summed E-state index contributed by atoms with van der Waals surface area (Å²) in [6, 6.07) is 14.1. The molecule has 0 radical (unpaired) electrons. The molecule has 1 aliphatic rings. The third kappa shape index (κ3) is 3.44. The van der Waals surface area contributed by atoms with Crippen molar-refractivity contribution in [1.29, 1.82) is 0 Å². The lowest BCUT2D eigenvalue weighted by Gasteiger charge is -2.40. The Kier molecular flexibility index (Phi) is 4.74. The van der Waals surface area contributed by atoms with Crippen LogP contribution >= 0.6 is 0 Å². The van der Waals surface area contributed by atoms with Crippen molar-refractivity contribution in [2.24, 2.45) is 7.05 Å². The quantitative estimate of drug-likeness (QED) is 0.455. The minimum atomic E-state index is -1.06. The van der Waals surface area contributed by atoms with Gasteiger partial charge in [0.25, 0.3) is 0 Å². The van der Waals surface area contributed by atoms with Crippen molar-refractivity contribution in [2.45, 2.75) is 44.9 Å². The number of hydrogen-bond acceptors (Lipinski definition) is 3. The number of aromatic nitrogens is 2. The van der Waals surface area contributed by atoms with Crippen LogP contribution in [0.4, 0.5) is 4.79 Å². The van der Waals surface area contributed by atoms with E-state index in [1.165, 1.54) is 4.90 Å². The van der Waals surface area contributed by atoms with E-state index in [4.69, 9.17) is 4.74 Å². The molecule has 0 saturated heterocycles. The number of carbonyl (C=O) groups is 2. The molecular weight excluding hydrogens is 418 g/mol. The van der Waals surface area contributed by atoms with Crippen LogP contribution in [-0.4, -0.2) is 43.3 Å². The highest BCUT2D eigenvalue weighted by Gasteiger charge is 2.46. The first-order chi connectivity index (χ1) is 15.7. The fourth-order valence-corrected chi connectivity index (χ4v) is 4.93. The van der Waals surface area contributed by atoms with Gasteiger partial charge in [-0.05, 0) is 38.5 Å². The highest BCUT2D eigenvalue weighted by molar-refractivity contribution is 5.91. The number of carboxylic acid groups (broad SMARTS) is 1. The molecule has 2 aromatic carbocycles. The first-order valence-corrected chi connectivity index (χ1v) is 11.0. The minimum absolute atomic E-state index is 0.204. The molecule has 7 nitrogen and oxygen atoms in total. The Labute approximate surface area is 191 Å². The smallest absolute Gasteiger partial charge is 0.411 e. The monoisotopic (exact) mass is 445 g/mol. The van der Waals surface area contributed by atoms with E-state index in [2.05, 4.69) is 4.98 Å². The van der Waals surface area contributed by atoms with Gasteiger partial charge in [-0.1, -0.05) is 36.4 Å². The van der Waals surface area contributed by atoms with Crippen molar-refractivity contribution >= 4 is 33.9 Å². The SMILES string of the molecule is Cn1cc([C@H]2c3[nH]c4ccccc4c3C[C@H](C(=O)O)N2C(=O)OC(C)(C)C)c2ccccc21. The van der Waals surface area contributed by atoms with E-state index in [0.29, 0.717) is 0 Å². The van der Waals surface area contributed by atoms with E-state index in [-0.39, 0.29) is 6.42 Å². The van der Waals surface area contributed by atoms with E-state index in [1.807, 2.05) is 66.3 Å². The molecule has 0 bridgehead atoms. The molecule has 170 valence electrons. The number of rotatable bonds is 2. The molecule has 4 aromatic rings. The van der Waals surface area contributed by atoms with Crippen LogP contribution in [0.2, 0.25) is 0 Å². The number of fused-ring (bicyclic) bond motifs is 4. The second kappa shape index (κ2) is 7.40. The van der Waals surface area contributed by atoms with Crippen molar-refractivity contribution in [3.8, 4) is 0 Å². The second-order valence-electron chi connectivity index (χ2n) is 9.62.